The lowest BCUT2D eigenvalue weighted by molar-refractivity contribution is 0.535. The molecule has 1 unspecified atom stereocenters. The predicted octanol–water partition coefficient (Wildman–Crippen LogP) is -0.211. The van der Waals surface area contributed by atoms with Crippen LogP contribution in [0.1, 0.15) is 5.82 Å². The number of imidazole rings is 1. The molecule has 0 bridgehead atoms. The van der Waals surface area contributed by atoms with Crippen LogP contribution in [0, 0.1) is 0 Å². The zero-order chi connectivity index (χ0) is 6.69. The Hall–Kier alpha value is -0.680. The van der Waals surface area contributed by atoms with Crippen molar-refractivity contribution in [3.05, 3.63) is 18.2 Å². The van der Waals surface area contributed by atoms with Crippen molar-refractivity contribution < 1.29 is 8.76 Å². The van der Waals surface area contributed by atoms with Gasteiger partial charge in [0.1, 0.15) is 5.82 Å². The van der Waals surface area contributed by atoms with Crippen LogP contribution in [0.4, 0.5) is 0 Å². The first-order chi connectivity index (χ1) is 4.29. The molecule has 0 fully saturated rings. The van der Waals surface area contributed by atoms with Gasteiger partial charge in [-0.05, 0) is 11.1 Å². The SMILES string of the molecule is O=S([O-])Cc1ncc[nH]1. The van der Waals surface area contributed by atoms with Gasteiger partial charge in [-0.1, -0.05) is 0 Å². The van der Waals surface area contributed by atoms with Crippen molar-refractivity contribution in [3.8, 4) is 0 Å². The number of aromatic amines is 1. The summed E-state index contributed by atoms with van der Waals surface area (Å²) in [6.45, 7) is 0. The van der Waals surface area contributed by atoms with Crippen LogP contribution in [0.3, 0.4) is 0 Å². The topological polar surface area (TPSA) is 68.8 Å². The summed E-state index contributed by atoms with van der Waals surface area (Å²) >= 11 is -2.04. The van der Waals surface area contributed by atoms with Crippen LogP contribution in [-0.4, -0.2) is 18.7 Å². The molecule has 1 heterocycles. The van der Waals surface area contributed by atoms with Gasteiger partial charge in [0.15, 0.2) is 0 Å². The summed E-state index contributed by atoms with van der Waals surface area (Å²) in [6.07, 6.45) is 3.10. The first-order valence-corrected chi connectivity index (χ1v) is 3.57. The van der Waals surface area contributed by atoms with Gasteiger partial charge in [-0.2, -0.15) is 0 Å². The molecule has 0 saturated heterocycles. The standard InChI is InChI=1S/C4H6N2O2S/c7-9(8)3-4-5-1-2-6-4/h1-2H,3H2,(H,5,6)(H,7,8)/p-1. The average molecular weight is 145 g/mol. The molecule has 9 heavy (non-hydrogen) atoms. The molecule has 1 N–H and O–H groups in total. The highest BCUT2D eigenvalue weighted by atomic mass is 32.2. The van der Waals surface area contributed by atoms with Gasteiger partial charge in [-0.3, -0.25) is 4.21 Å². The van der Waals surface area contributed by atoms with E-state index in [0.29, 0.717) is 5.82 Å². The quantitative estimate of drug-likeness (QED) is 0.585. The highest BCUT2D eigenvalue weighted by Crippen LogP contribution is 1.90. The van der Waals surface area contributed by atoms with E-state index in [1.165, 1.54) is 6.20 Å². The number of nitrogens with one attached hydrogen (secondary N) is 1. The van der Waals surface area contributed by atoms with E-state index in [-0.39, 0.29) is 5.75 Å². The largest absolute Gasteiger partial charge is 0.772 e. The Labute approximate surface area is 54.6 Å². The zero-order valence-corrected chi connectivity index (χ0v) is 5.35. The lowest BCUT2D eigenvalue weighted by atomic mass is 10.7. The van der Waals surface area contributed by atoms with E-state index in [0.717, 1.165) is 0 Å². The van der Waals surface area contributed by atoms with Crippen molar-refractivity contribution in [1.82, 2.24) is 9.97 Å². The molecule has 1 rings (SSSR count). The van der Waals surface area contributed by atoms with Gasteiger partial charge in [-0.15, -0.1) is 0 Å². The van der Waals surface area contributed by atoms with Crippen molar-refractivity contribution in [2.75, 3.05) is 0 Å². The molecule has 0 aromatic carbocycles. The Morgan fingerprint density at radius 2 is 2.67 bits per heavy atom. The Kier molecular flexibility index (Phi) is 1.96. The first-order valence-electron chi connectivity index (χ1n) is 2.33. The number of rotatable bonds is 2. The number of hydrogen-bond acceptors (Lipinski definition) is 3. The molecule has 1 aromatic rings. The number of aromatic nitrogens is 2. The van der Waals surface area contributed by atoms with Crippen LogP contribution in [0.15, 0.2) is 12.4 Å². The summed E-state index contributed by atoms with van der Waals surface area (Å²) in [5.74, 6) is 0.441. The van der Waals surface area contributed by atoms with Crippen molar-refractivity contribution >= 4 is 11.1 Å². The molecule has 0 aliphatic heterocycles. The minimum atomic E-state index is -2.04. The molecule has 0 saturated carbocycles. The third-order valence-electron chi connectivity index (χ3n) is 0.809. The maximum atomic E-state index is 10.0. The first kappa shape index (κ1) is 6.44. The van der Waals surface area contributed by atoms with Crippen LogP contribution in [-0.2, 0) is 16.8 Å². The molecule has 50 valence electrons. The summed E-state index contributed by atoms with van der Waals surface area (Å²) in [7, 11) is 0. The van der Waals surface area contributed by atoms with Crippen LogP contribution in [0.5, 0.6) is 0 Å². The third kappa shape index (κ3) is 1.95. The highest BCUT2D eigenvalue weighted by molar-refractivity contribution is 7.78. The van der Waals surface area contributed by atoms with Crippen LogP contribution in [0.2, 0.25) is 0 Å². The number of nitrogens with zero attached hydrogens (tertiary/aromatic N) is 1. The average Bonchev–Trinajstić information content (AvgIpc) is 2.15. The van der Waals surface area contributed by atoms with E-state index in [9.17, 15) is 8.76 Å². The molecule has 0 aliphatic carbocycles. The molecule has 1 atom stereocenters. The van der Waals surface area contributed by atoms with Crippen LogP contribution in [0.25, 0.3) is 0 Å². The van der Waals surface area contributed by atoms with Gasteiger partial charge in [0.05, 0.1) is 5.75 Å². The maximum absolute atomic E-state index is 10.0. The predicted molar refractivity (Wildman–Crippen MR) is 31.2 cm³/mol. The lowest BCUT2D eigenvalue weighted by Gasteiger charge is -1.99. The summed E-state index contributed by atoms with van der Waals surface area (Å²) in [6, 6.07) is 0. The second-order valence-electron chi connectivity index (χ2n) is 1.48. The molecule has 5 heteroatoms. The van der Waals surface area contributed by atoms with E-state index in [4.69, 9.17) is 0 Å². The normalized spacial score (nSPS) is 13.4. The monoisotopic (exact) mass is 145 g/mol. The zero-order valence-electron chi connectivity index (χ0n) is 4.53. The Morgan fingerprint density at radius 1 is 1.89 bits per heavy atom. The van der Waals surface area contributed by atoms with Gasteiger partial charge in [-0.25, -0.2) is 4.98 Å². The fourth-order valence-corrected chi connectivity index (χ4v) is 0.870. The van der Waals surface area contributed by atoms with Crippen LogP contribution >= 0.6 is 0 Å². The Bertz CT molecular complexity index is 196. The summed E-state index contributed by atoms with van der Waals surface area (Å²) in [5, 5.41) is 0. The second kappa shape index (κ2) is 2.75. The lowest BCUT2D eigenvalue weighted by Crippen LogP contribution is -1.94. The summed E-state index contributed by atoms with van der Waals surface area (Å²) in [5.41, 5.74) is 0. The molecular weight excluding hydrogens is 140 g/mol. The summed E-state index contributed by atoms with van der Waals surface area (Å²) in [4.78, 5) is 6.37. The van der Waals surface area contributed by atoms with E-state index < -0.39 is 11.1 Å². The number of H-pyrrole nitrogens is 1. The minimum Gasteiger partial charge on any atom is -0.772 e. The highest BCUT2D eigenvalue weighted by Gasteiger charge is 1.90. The fraction of sp³-hybridized carbons (Fsp3) is 0.250. The van der Waals surface area contributed by atoms with Crippen molar-refractivity contribution in [2.45, 2.75) is 5.75 Å². The van der Waals surface area contributed by atoms with Gasteiger partial charge in [0.2, 0.25) is 0 Å². The van der Waals surface area contributed by atoms with Gasteiger partial charge >= 0.3 is 0 Å². The fourth-order valence-electron chi connectivity index (χ4n) is 0.489. The van der Waals surface area contributed by atoms with E-state index in [2.05, 4.69) is 9.97 Å². The molecule has 0 spiro atoms. The van der Waals surface area contributed by atoms with Gasteiger partial charge in [0, 0.05) is 12.4 Å². The molecular formula is C4H5N2O2S-. The smallest absolute Gasteiger partial charge is 0.117 e. The Balaban J connectivity index is 2.58. The third-order valence-corrected chi connectivity index (χ3v) is 1.32. The molecule has 1 aromatic heterocycles. The van der Waals surface area contributed by atoms with E-state index in [1.807, 2.05) is 0 Å². The Morgan fingerprint density at radius 3 is 3.11 bits per heavy atom. The molecule has 0 radical (unpaired) electrons. The van der Waals surface area contributed by atoms with Gasteiger partial charge < -0.3 is 9.54 Å². The molecule has 4 nitrogen and oxygen atoms in total. The minimum absolute atomic E-state index is 0.0347. The second-order valence-corrected chi connectivity index (χ2v) is 2.38. The van der Waals surface area contributed by atoms with Crippen LogP contribution < -0.4 is 0 Å². The number of hydrogen-bond donors (Lipinski definition) is 1. The van der Waals surface area contributed by atoms with Crippen molar-refractivity contribution in [2.24, 2.45) is 0 Å². The summed E-state index contributed by atoms with van der Waals surface area (Å²) < 4.78 is 20.0. The molecule has 0 aliphatic rings. The van der Waals surface area contributed by atoms with E-state index >= 15 is 0 Å². The maximum Gasteiger partial charge on any atom is 0.117 e. The molecule has 0 amide bonds. The van der Waals surface area contributed by atoms with Crippen molar-refractivity contribution in [3.63, 3.8) is 0 Å². The van der Waals surface area contributed by atoms with E-state index in [1.54, 1.807) is 6.20 Å². The van der Waals surface area contributed by atoms with Gasteiger partial charge in [0.25, 0.3) is 0 Å². The van der Waals surface area contributed by atoms with Crippen molar-refractivity contribution in [1.29, 1.82) is 0 Å².